The molecule has 0 N–H and O–H groups in total. The molecule has 0 heterocycles. The van der Waals surface area contributed by atoms with Gasteiger partial charge in [0.25, 0.3) is 0 Å². The second kappa shape index (κ2) is 4.58. The van der Waals surface area contributed by atoms with E-state index >= 15 is 0 Å². The van der Waals surface area contributed by atoms with Crippen LogP contribution in [0, 0.1) is 5.41 Å². The van der Waals surface area contributed by atoms with Crippen molar-refractivity contribution in [3.8, 4) is 0 Å². The van der Waals surface area contributed by atoms with Gasteiger partial charge in [-0.15, -0.1) is 0 Å². The second-order valence-corrected chi connectivity index (χ2v) is 4.48. The Hall–Kier alpha value is -0.860. The van der Waals surface area contributed by atoms with Crippen molar-refractivity contribution in [2.24, 2.45) is 5.41 Å². The van der Waals surface area contributed by atoms with E-state index in [0.717, 1.165) is 0 Å². The molecule has 0 atom stereocenters. The summed E-state index contributed by atoms with van der Waals surface area (Å²) in [5.74, 6) is -0.412. The highest BCUT2D eigenvalue weighted by molar-refractivity contribution is 5.93. The Balaban J connectivity index is 4.70. The van der Waals surface area contributed by atoms with Gasteiger partial charge in [0.15, 0.2) is 0 Å². The molecule has 82 valence electrons. The number of hydrogen-bond acceptors (Lipinski definition) is 3. The third-order valence-electron chi connectivity index (χ3n) is 2.29. The Morgan fingerprint density at radius 3 is 1.86 bits per heavy atom. The molecule has 0 aliphatic heterocycles. The molecule has 3 heteroatoms. The largest absolute Gasteiger partial charge is 0.459 e. The number of carbonyl (C=O) groups is 2. The first-order valence-corrected chi connectivity index (χ1v) is 5.01. The van der Waals surface area contributed by atoms with Crippen LogP contribution in [0.25, 0.3) is 0 Å². The fraction of sp³-hybridized carbons (Fsp3) is 0.818. The summed E-state index contributed by atoms with van der Waals surface area (Å²) < 4.78 is 5.21. The predicted molar refractivity (Wildman–Crippen MR) is 54.9 cm³/mol. The molecule has 0 unspecified atom stereocenters. The Labute approximate surface area is 85.8 Å². The number of ether oxygens (including phenoxy) is 1. The molecule has 0 aliphatic rings. The summed E-state index contributed by atoms with van der Waals surface area (Å²) in [5, 5.41) is 0. The normalized spacial score (nSPS) is 12.4. The van der Waals surface area contributed by atoms with Gasteiger partial charge in [-0.3, -0.25) is 4.79 Å². The smallest absolute Gasteiger partial charge is 0.319 e. The van der Waals surface area contributed by atoms with Gasteiger partial charge in [-0.05, 0) is 33.6 Å². The number of esters is 1. The molecule has 0 spiro atoms. The highest BCUT2D eigenvalue weighted by Crippen LogP contribution is 2.27. The lowest BCUT2D eigenvalue weighted by Crippen LogP contribution is -2.38. The van der Waals surface area contributed by atoms with Gasteiger partial charge in [0.1, 0.15) is 17.3 Å². The SMILES string of the molecule is CCC(C=O)(CC)C(=O)OC(C)(C)C. The molecule has 0 aliphatic carbocycles. The van der Waals surface area contributed by atoms with Crippen LogP contribution in [0.2, 0.25) is 0 Å². The standard InChI is InChI=1S/C11H20O3/c1-6-11(7-2,8-12)9(13)14-10(3,4)5/h8H,6-7H2,1-5H3. The van der Waals surface area contributed by atoms with Crippen LogP contribution < -0.4 is 0 Å². The highest BCUT2D eigenvalue weighted by Gasteiger charge is 2.38. The molecule has 3 nitrogen and oxygen atoms in total. The maximum atomic E-state index is 11.7. The minimum Gasteiger partial charge on any atom is -0.459 e. The van der Waals surface area contributed by atoms with Gasteiger partial charge in [0, 0.05) is 0 Å². The number of carbonyl (C=O) groups excluding carboxylic acids is 2. The van der Waals surface area contributed by atoms with E-state index < -0.39 is 17.0 Å². The Morgan fingerprint density at radius 2 is 1.64 bits per heavy atom. The van der Waals surface area contributed by atoms with Crippen molar-refractivity contribution < 1.29 is 14.3 Å². The maximum absolute atomic E-state index is 11.7. The van der Waals surface area contributed by atoms with Gasteiger partial charge in [0.05, 0.1) is 0 Å². The molecule has 0 bridgehead atoms. The van der Waals surface area contributed by atoms with Crippen molar-refractivity contribution in [2.45, 2.75) is 53.1 Å². The molecule has 0 saturated carbocycles. The average Bonchev–Trinajstić information content (AvgIpc) is 2.05. The summed E-state index contributed by atoms with van der Waals surface area (Å²) in [4.78, 5) is 22.6. The van der Waals surface area contributed by atoms with Gasteiger partial charge in [-0.1, -0.05) is 13.8 Å². The monoisotopic (exact) mass is 200 g/mol. The molecule has 0 aromatic carbocycles. The highest BCUT2D eigenvalue weighted by atomic mass is 16.6. The zero-order valence-corrected chi connectivity index (χ0v) is 9.72. The fourth-order valence-corrected chi connectivity index (χ4v) is 1.13. The number of aldehydes is 1. The zero-order valence-electron chi connectivity index (χ0n) is 9.72. The van der Waals surface area contributed by atoms with Crippen molar-refractivity contribution >= 4 is 12.3 Å². The van der Waals surface area contributed by atoms with Gasteiger partial charge in [-0.2, -0.15) is 0 Å². The summed E-state index contributed by atoms with van der Waals surface area (Å²) in [6.07, 6.45) is 1.69. The summed E-state index contributed by atoms with van der Waals surface area (Å²) in [5.41, 5.74) is -1.48. The van der Waals surface area contributed by atoms with Crippen molar-refractivity contribution in [2.75, 3.05) is 0 Å². The van der Waals surface area contributed by atoms with E-state index in [1.54, 1.807) is 20.8 Å². The maximum Gasteiger partial charge on any atom is 0.319 e. The lowest BCUT2D eigenvalue weighted by atomic mass is 9.84. The van der Waals surface area contributed by atoms with Gasteiger partial charge in [-0.25, -0.2) is 0 Å². The van der Waals surface area contributed by atoms with Crippen LogP contribution in [0.15, 0.2) is 0 Å². The Morgan fingerprint density at radius 1 is 1.21 bits per heavy atom. The zero-order chi connectivity index (χ0) is 11.4. The molecule has 0 aromatic heterocycles. The van der Waals surface area contributed by atoms with E-state index in [2.05, 4.69) is 0 Å². The lowest BCUT2D eigenvalue weighted by Gasteiger charge is -2.28. The van der Waals surface area contributed by atoms with Crippen LogP contribution in [0.1, 0.15) is 47.5 Å². The summed E-state index contributed by atoms with van der Waals surface area (Å²) in [7, 11) is 0. The van der Waals surface area contributed by atoms with Crippen LogP contribution in [-0.4, -0.2) is 17.9 Å². The molecule has 0 radical (unpaired) electrons. The third-order valence-corrected chi connectivity index (χ3v) is 2.29. The fourth-order valence-electron chi connectivity index (χ4n) is 1.13. The minimum absolute atomic E-state index is 0.412. The summed E-state index contributed by atoms with van der Waals surface area (Å²) in [6, 6.07) is 0. The van der Waals surface area contributed by atoms with Crippen molar-refractivity contribution in [3.05, 3.63) is 0 Å². The molecule has 0 rings (SSSR count). The van der Waals surface area contributed by atoms with Gasteiger partial charge in [0.2, 0.25) is 0 Å². The quantitative estimate of drug-likeness (QED) is 0.397. The molecule has 0 amide bonds. The van der Waals surface area contributed by atoms with E-state index in [1.807, 2.05) is 13.8 Å². The Bertz CT molecular complexity index is 209. The van der Waals surface area contributed by atoms with E-state index in [0.29, 0.717) is 19.1 Å². The number of rotatable bonds is 4. The molecule has 0 saturated heterocycles. The van der Waals surface area contributed by atoms with Crippen molar-refractivity contribution in [3.63, 3.8) is 0 Å². The van der Waals surface area contributed by atoms with E-state index in [-0.39, 0.29) is 0 Å². The van der Waals surface area contributed by atoms with Crippen LogP contribution in [0.3, 0.4) is 0 Å². The predicted octanol–water partition coefficient (Wildman–Crippen LogP) is 2.33. The molecular weight excluding hydrogens is 180 g/mol. The first kappa shape index (κ1) is 13.1. The first-order valence-electron chi connectivity index (χ1n) is 5.01. The van der Waals surface area contributed by atoms with Gasteiger partial charge < -0.3 is 9.53 Å². The number of hydrogen-bond donors (Lipinski definition) is 0. The summed E-state index contributed by atoms with van der Waals surface area (Å²) in [6.45, 7) is 9.03. The molecular formula is C11H20O3. The first-order chi connectivity index (χ1) is 6.31. The van der Waals surface area contributed by atoms with Crippen LogP contribution in [-0.2, 0) is 14.3 Å². The minimum atomic E-state index is -0.951. The van der Waals surface area contributed by atoms with E-state index in [4.69, 9.17) is 4.74 Å². The second-order valence-electron chi connectivity index (χ2n) is 4.48. The third kappa shape index (κ3) is 3.13. The topological polar surface area (TPSA) is 43.4 Å². The lowest BCUT2D eigenvalue weighted by molar-refractivity contribution is -0.168. The van der Waals surface area contributed by atoms with Crippen molar-refractivity contribution in [1.29, 1.82) is 0 Å². The van der Waals surface area contributed by atoms with Gasteiger partial charge >= 0.3 is 5.97 Å². The van der Waals surface area contributed by atoms with Crippen LogP contribution in [0.5, 0.6) is 0 Å². The van der Waals surface area contributed by atoms with E-state index in [1.165, 1.54) is 0 Å². The summed E-state index contributed by atoms with van der Waals surface area (Å²) >= 11 is 0. The van der Waals surface area contributed by atoms with Crippen LogP contribution in [0.4, 0.5) is 0 Å². The average molecular weight is 200 g/mol. The molecule has 0 fully saturated rings. The van der Waals surface area contributed by atoms with Crippen LogP contribution >= 0.6 is 0 Å². The Kier molecular flexibility index (Phi) is 4.30. The molecule has 14 heavy (non-hydrogen) atoms. The molecule has 0 aromatic rings. The van der Waals surface area contributed by atoms with E-state index in [9.17, 15) is 9.59 Å². The van der Waals surface area contributed by atoms with Crippen molar-refractivity contribution in [1.82, 2.24) is 0 Å².